The van der Waals surface area contributed by atoms with Crippen LogP contribution in [0.5, 0.6) is 0 Å². The van der Waals surface area contributed by atoms with Crippen molar-refractivity contribution in [2.75, 3.05) is 0 Å². The van der Waals surface area contributed by atoms with E-state index in [0.717, 1.165) is 11.1 Å². The van der Waals surface area contributed by atoms with Gasteiger partial charge in [0.25, 0.3) is 0 Å². The van der Waals surface area contributed by atoms with Gasteiger partial charge in [0.15, 0.2) is 5.82 Å². The minimum absolute atomic E-state index is 0.279. The zero-order valence-electron chi connectivity index (χ0n) is 13.8. The van der Waals surface area contributed by atoms with E-state index in [1.54, 1.807) is 23.0 Å². The summed E-state index contributed by atoms with van der Waals surface area (Å²) in [6, 6.07) is 20.5. The molecule has 0 saturated heterocycles. The number of aromatic nitrogens is 3. The third kappa shape index (κ3) is 3.32. The molecule has 0 amide bonds. The zero-order valence-corrected chi connectivity index (χ0v) is 14.6. The zero-order chi connectivity index (χ0) is 17.9. The van der Waals surface area contributed by atoms with Crippen LogP contribution in [0.25, 0.3) is 10.8 Å². The summed E-state index contributed by atoms with van der Waals surface area (Å²) in [6.45, 7) is 0. The highest BCUT2D eigenvalue weighted by molar-refractivity contribution is 7.71. The monoisotopic (exact) mass is 362 g/mol. The average molecular weight is 362 g/mol. The Balaban J connectivity index is 1.68. The Morgan fingerprint density at radius 3 is 2.65 bits per heavy atom. The van der Waals surface area contributed by atoms with E-state index in [1.807, 2.05) is 18.2 Å². The maximum atomic E-state index is 13.0. The Morgan fingerprint density at radius 2 is 1.81 bits per heavy atom. The van der Waals surface area contributed by atoms with E-state index >= 15 is 0 Å². The maximum absolute atomic E-state index is 13.0. The van der Waals surface area contributed by atoms with Crippen molar-refractivity contribution in [3.63, 3.8) is 0 Å². The van der Waals surface area contributed by atoms with Gasteiger partial charge in [0.2, 0.25) is 4.77 Å². The van der Waals surface area contributed by atoms with Crippen LogP contribution in [0.1, 0.15) is 17.0 Å². The van der Waals surface area contributed by atoms with E-state index in [9.17, 15) is 4.39 Å². The fourth-order valence-electron chi connectivity index (χ4n) is 2.85. The Bertz CT molecular complexity index is 1140. The number of hydrogen-bond acceptors (Lipinski definition) is 3. The number of halogens is 1. The predicted octanol–water partition coefficient (Wildman–Crippen LogP) is 4.71. The molecule has 26 heavy (non-hydrogen) atoms. The molecule has 1 aromatic heterocycles. The second-order valence-electron chi connectivity index (χ2n) is 5.87. The lowest BCUT2D eigenvalue weighted by Crippen LogP contribution is -2.01. The van der Waals surface area contributed by atoms with E-state index in [-0.39, 0.29) is 5.82 Å². The smallest absolute Gasteiger partial charge is 0.216 e. The quantitative estimate of drug-likeness (QED) is 0.422. The van der Waals surface area contributed by atoms with Gasteiger partial charge in [-0.15, -0.1) is 0 Å². The van der Waals surface area contributed by atoms with Crippen LogP contribution in [0.3, 0.4) is 0 Å². The largest absolute Gasteiger partial charge is 0.250 e. The first-order valence-electron chi connectivity index (χ1n) is 8.13. The first-order valence-corrected chi connectivity index (χ1v) is 8.54. The number of hydrogen-bond donors (Lipinski definition) is 1. The molecule has 1 N–H and O–H groups in total. The van der Waals surface area contributed by atoms with E-state index in [0.29, 0.717) is 17.0 Å². The van der Waals surface area contributed by atoms with Crippen molar-refractivity contribution in [1.82, 2.24) is 14.9 Å². The highest BCUT2D eigenvalue weighted by atomic mass is 32.1. The summed E-state index contributed by atoms with van der Waals surface area (Å²) in [5.41, 5.74) is 1.93. The number of nitrogens with one attached hydrogen (secondary N) is 1. The van der Waals surface area contributed by atoms with Gasteiger partial charge in [0.1, 0.15) is 5.82 Å². The molecule has 0 bridgehead atoms. The Labute approximate surface area is 154 Å². The van der Waals surface area contributed by atoms with Crippen molar-refractivity contribution >= 4 is 29.2 Å². The molecule has 0 aliphatic carbocycles. The van der Waals surface area contributed by atoms with Crippen LogP contribution in [0.2, 0.25) is 0 Å². The third-order valence-corrected chi connectivity index (χ3v) is 4.40. The van der Waals surface area contributed by atoms with Gasteiger partial charge in [-0.25, -0.2) is 4.39 Å². The van der Waals surface area contributed by atoms with Crippen LogP contribution in [0, 0.1) is 10.6 Å². The van der Waals surface area contributed by atoms with Crippen molar-refractivity contribution in [3.05, 3.63) is 94.3 Å². The summed E-state index contributed by atoms with van der Waals surface area (Å²) in [4.78, 5) is 0. The SMILES string of the molecule is Fc1ccc(/C=N\n2c(Cc3cccc4ccccc34)n[nH]c2=S)cc1. The molecule has 0 unspecified atom stereocenters. The van der Waals surface area contributed by atoms with Gasteiger partial charge < -0.3 is 0 Å². The summed E-state index contributed by atoms with van der Waals surface area (Å²) < 4.78 is 15.0. The van der Waals surface area contributed by atoms with Crippen LogP contribution in [0.15, 0.2) is 71.8 Å². The van der Waals surface area contributed by atoms with E-state index in [2.05, 4.69) is 39.6 Å². The van der Waals surface area contributed by atoms with Crippen molar-refractivity contribution in [3.8, 4) is 0 Å². The van der Waals surface area contributed by atoms with Crippen LogP contribution < -0.4 is 0 Å². The lowest BCUT2D eigenvalue weighted by atomic mass is 10.0. The van der Waals surface area contributed by atoms with Crippen molar-refractivity contribution < 1.29 is 4.39 Å². The van der Waals surface area contributed by atoms with Crippen LogP contribution in [-0.4, -0.2) is 21.1 Å². The topological polar surface area (TPSA) is 46.0 Å². The second kappa shape index (κ2) is 7.01. The standard InChI is InChI=1S/C20H15FN4S/c21-17-10-8-14(9-11-17)13-22-25-19(23-24-20(25)26)12-16-6-3-5-15-4-1-2-7-18(15)16/h1-11,13H,12H2,(H,24,26)/b22-13-. The van der Waals surface area contributed by atoms with Crippen LogP contribution in [-0.2, 0) is 6.42 Å². The van der Waals surface area contributed by atoms with E-state index < -0.39 is 0 Å². The molecule has 0 saturated carbocycles. The fraction of sp³-hybridized carbons (Fsp3) is 0.0500. The molecule has 0 atom stereocenters. The van der Waals surface area contributed by atoms with Gasteiger partial charge in [0.05, 0.1) is 6.21 Å². The van der Waals surface area contributed by atoms with Gasteiger partial charge in [0, 0.05) is 6.42 Å². The predicted molar refractivity (Wildman–Crippen MR) is 104 cm³/mol. The van der Waals surface area contributed by atoms with Gasteiger partial charge >= 0.3 is 0 Å². The van der Waals surface area contributed by atoms with Gasteiger partial charge in [-0.2, -0.15) is 14.9 Å². The minimum atomic E-state index is -0.279. The fourth-order valence-corrected chi connectivity index (χ4v) is 3.05. The first kappa shape index (κ1) is 16.4. The molecule has 6 heteroatoms. The number of fused-ring (bicyclic) bond motifs is 1. The molecule has 0 aliphatic heterocycles. The second-order valence-corrected chi connectivity index (χ2v) is 6.25. The minimum Gasteiger partial charge on any atom is -0.250 e. The molecule has 0 fully saturated rings. The first-order chi connectivity index (χ1) is 12.7. The lowest BCUT2D eigenvalue weighted by Gasteiger charge is -2.06. The van der Waals surface area contributed by atoms with Gasteiger partial charge in [-0.1, -0.05) is 54.6 Å². The van der Waals surface area contributed by atoms with Gasteiger partial charge in [-0.05, 0) is 46.2 Å². The van der Waals surface area contributed by atoms with E-state index in [4.69, 9.17) is 12.2 Å². The van der Waals surface area contributed by atoms with Crippen molar-refractivity contribution in [2.45, 2.75) is 6.42 Å². The summed E-state index contributed by atoms with van der Waals surface area (Å²) in [5.74, 6) is 0.434. The van der Waals surface area contributed by atoms with Crippen LogP contribution >= 0.6 is 12.2 Å². The Hall–Kier alpha value is -3.12. The summed E-state index contributed by atoms with van der Waals surface area (Å²) in [6.07, 6.45) is 2.23. The summed E-state index contributed by atoms with van der Waals surface area (Å²) in [7, 11) is 0. The lowest BCUT2D eigenvalue weighted by molar-refractivity contribution is 0.628. The number of H-pyrrole nitrogens is 1. The van der Waals surface area contributed by atoms with Gasteiger partial charge in [-0.3, -0.25) is 5.10 Å². The highest BCUT2D eigenvalue weighted by Crippen LogP contribution is 2.20. The normalized spacial score (nSPS) is 11.4. The third-order valence-electron chi connectivity index (χ3n) is 4.14. The Kier molecular flexibility index (Phi) is 4.41. The number of aromatic amines is 1. The molecule has 0 spiro atoms. The molecular formula is C20H15FN4S. The molecule has 128 valence electrons. The number of rotatable bonds is 4. The van der Waals surface area contributed by atoms with Crippen LogP contribution in [0.4, 0.5) is 4.39 Å². The summed E-state index contributed by atoms with van der Waals surface area (Å²) in [5, 5.41) is 13.9. The number of benzene rings is 3. The molecule has 4 aromatic rings. The molecule has 4 rings (SSSR count). The summed E-state index contributed by atoms with van der Waals surface area (Å²) >= 11 is 5.29. The maximum Gasteiger partial charge on any atom is 0.216 e. The Morgan fingerprint density at radius 1 is 1.04 bits per heavy atom. The average Bonchev–Trinajstić information content (AvgIpc) is 3.01. The van der Waals surface area contributed by atoms with Crippen molar-refractivity contribution in [1.29, 1.82) is 0 Å². The van der Waals surface area contributed by atoms with Crippen molar-refractivity contribution in [2.24, 2.45) is 5.10 Å². The van der Waals surface area contributed by atoms with E-state index in [1.165, 1.54) is 22.9 Å². The number of nitrogens with zero attached hydrogens (tertiary/aromatic N) is 3. The molecule has 0 aliphatic rings. The molecule has 1 heterocycles. The molecule has 4 nitrogen and oxygen atoms in total. The molecule has 3 aromatic carbocycles. The highest BCUT2D eigenvalue weighted by Gasteiger charge is 2.09. The molecular weight excluding hydrogens is 347 g/mol. The molecule has 0 radical (unpaired) electrons.